The second kappa shape index (κ2) is 3.99. The Hall–Kier alpha value is -0.210. The van der Waals surface area contributed by atoms with Gasteiger partial charge < -0.3 is 15.5 Å². The second-order valence-corrected chi connectivity index (χ2v) is 6.32. The molecule has 0 aliphatic carbocycles. The van der Waals surface area contributed by atoms with Crippen molar-refractivity contribution in [1.82, 2.24) is 9.62 Å². The van der Waals surface area contributed by atoms with Crippen molar-refractivity contribution >= 4 is 10.0 Å². The smallest absolute Gasteiger partial charge is 0.218 e. The molecule has 6 nitrogen and oxygen atoms in total. The first-order chi connectivity index (χ1) is 7.01. The number of nitrogens with zero attached hydrogens (tertiary/aromatic N) is 1. The standard InChI is InChI=1S/C8H16N2O4S/c11-7-4-10(5-8(7)12)15(13,14)6-1-2-9-3-6/h6-9,11-12H,1-5H2. The van der Waals surface area contributed by atoms with Gasteiger partial charge in [-0.25, -0.2) is 8.42 Å². The van der Waals surface area contributed by atoms with E-state index in [0.717, 1.165) is 0 Å². The highest BCUT2D eigenvalue weighted by molar-refractivity contribution is 7.89. The molecule has 3 N–H and O–H groups in total. The summed E-state index contributed by atoms with van der Waals surface area (Å²) in [4.78, 5) is 0. The Morgan fingerprint density at radius 2 is 1.80 bits per heavy atom. The lowest BCUT2D eigenvalue weighted by atomic mass is 10.3. The van der Waals surface area contributed by atoms with Gasteiger partial charge in [-0.05, 0) is 13.0 Å². The van der Waals surface area contributed by atoms with Gasteiger partial charge in [-0.15, -0.1) is 0 Å². The normalized spacial score (nSPS) is 38.7. The van der Waals surface area contributed by atoms with Crippen LogP contribution in [0.4, 0.5) is 0 Å². The Kier molecular flexibility index (Phi) is 3.00. The number of nitrogens with one attached hydrogen (secondary N) is 1. The minimum atomic E-state index is -3.35. The van der Waals surface area contributed by atoms with Gasteiger partial charge in [-0.2, -0.15) is 4.31 Å². The molecular weight excluding hydrogens is 220 g/mol. The molecule has 7 heteroatoms. The van der Waals surface area contributed by atoms with Crippen LogP contribution in [0, 0.1) is 0 Å². The number of rotatable bonds is 2. The summed E-state index contributed by atoms with van der Waals surface area (Å²) in [7, 11) is -3.35. The molecule has 3 unspecified atom stereocenters. The molecule has 88 valence electrons. The van der Waals surface area contributed by atoms with Crippen molar-refractivity contribution in [2.24, 2.45) is 0 Å². The van der Waals surface area contributed by atoms with Gasteiger partial charge in [-0.1, -0.05) is 0 Å². The van der Waals surface area contributed by atoms with Gasteiger partial charge in [0, 0.05) is 19.6 Å². The fourth-order valence-corrected chi connectivity index (χ4v) is 3.92. The van der Waals surface area contributed by atoms with Crippen LogP contribution in [0.5, 0.6) is 0 Å². The van der Waals surface area contributed by atoms with Crippen molar-refractivity contribution in [2.45, 2.75) is 23.9 Å². The molecule has 0 amide bonds. The van der Waals surface area contributed by atoms with E-state index in [4.69, 9.17) is 0 Å². The maximum absolute atomic E-state index is 12.0. The van der Waals surface area contributed by atoms with Gasteiger partial charge in [-0.3, -0.25) is 0 Å². The molecule has 0 radical (unpaired) electrons. The van der Waals surface area contributed by atoms with Crippen LogP contribution in [0.1, 0.15) is 6.42 Å². The van der Waals surface area contributed by atoms with E-state index in [0.29, 0.717) is 19.5 Å². The van der Waals surface area contributed by atoms with Crippen molar-refractivity contribution in [3.63, 3.8) is 0 Å². The zero-order valence-corrected chi connectivity index (χ0v) is 9.15. The maximum atomic E-state index is 12.0. The Bertz CT molecular complexity index is 316. The highest BCUT2D eigenvalue weighted by Crippen LogP contribution is 2.20. The first-order valence-corrected chi connectivity index (χ1v) is 6.58. The summed E-state index contributed by atoms with van der Waals surface area (Å²) in [6.07, 6.45) is -1.30. The monoisotopic (exact) mass is 236 g/mol. The van der Waals surface area contributed by atoms with Gasteiger partial charge in [0.2, 0.25) is 10.0 Å². The topological polar surface area (TPSA) is 89.9 Å². The predicted molar refractivity (Wildman–Crippen MR) is 53.8 cm³/mol. The molecule has 0 aromatic rings. The summed E-state index contributed by atoms with van der Waals surface area (Å²) < 4.78 is 25.2. The van der Waals surface area contributed by atoms with E-state index in [9.17, 15) is 18.6 Å². The number of sulfonamides is 1. The van der Waals surface area contributed by atoms with Gasteiger partial charge >= 0.3 is 0 Å². The molecule has 2 saturated heterocycles. The molecule has 2 heterocycles. The third-order valence-corrected chi connectivity index (χ3v) is 5.28. The Morgan fingerprint density at radius 1 is 1.20 bits per heavy atom. The number of hydrogen-bond donors (Lipinski definition) is 3. The molecule has 0 saturated carbocycles. The van der Waals surface area contributed by atoms with Crippen LogP contribution in [0.2, 0.25) is 0 Å². The van der Waals surface area contributed by atoms with Crippen LogP contribution in [0.15, 0.2) is 0 Å². The average molecular weight is 236 g/mol. The summed E-state index contributed by atoms with van der Waals surface area (Å²) in [5, 5.41) is 21.2. The van der Waals surface area contributed by atoms with Gasteiger partial charge in [0.15, 0.2) is 0 Å². The number of hydrogen-bond acceptors (Lipinski definition) is 5. The quantitative estimate of drug-likeness (QED) is 0.502. The van der Waals surface area contributed by atoms with Crippen molar-refractivity contribution in [2.75, 3.05) is 26.2 Å². The average Bonchev–Trinajstić information content (AvgIpc) is 2.77. The fourth-order valence-electron chi connectivity index (χ4n) is 2.04. The van der Waals surface area contributed by atoms with Crippen LogP contribution in [-0.4, -0.2) is 66.6 Å². The lowest BCUT2D eigenvalue weighted by molar-refractivity contribution is 0.0572. The summed E-state index contributed by atoms with van der Waals surface area (Å²) in [6.45, 7) is 1.20. The van der Waals surface area contributed by atoms with E-state index in [1.54, 1.807) is 0 Å². The van der Waals surface area contributed by atoms with Crippen LogP contribution >= 0.6 is 0 Å². The van der Waals surface area contributed by atoms with Gasteiger partial charge in [0.1, 0.15) is 0 Å². The number of aliphatic hydroxyl groups is 2. The van der Waals surface area contributed by atoms with Gasteiger partial charge in [0.05, 0.1) is 17.5 Å². The van der Waals surface area contributed by atoms with Crippen LogP contribution in [-0.2, 0) is 10.0 Å². The summed E-state index contributed by atoms with van der Waals surface area (Å²) in [5.74, 6) is 0. The Morgan fingerprint density at radius 3 is 2.27 bits per heavy atom. The predicted octanol–water partition coefficient (Wildman–Crippen LogP) is -2.28. The first kappa shape index (κ1) is 11.3. The zero-order valence-electron chi connectivity index (χ0n) is 8.33. The van der Waals surface area contributed by atoms with Crippen LogP contribution < -0.4 is 5.32 Å². The van der Waals surface area contributed by atoms with E-state index < -0.39 is 27.5 Å². The maximum Gasteiger partial charge on any atom is 0.218 e. The highest BCUT2D eigenvalue weighted by atomic mass is 32.2. The summed E-state index contributed by atoms with van der Waals surface area (Å²) in [5.41, 5.74) is 0. The largest absolute Gasteiger partial charge is 0.389 e. The van der Waals surface area contributed by atoms with Crippen molar-refractivity contribution < 1.29 is 18.6 Å². The molecular formula is C8H16N2O4S. The Balaban J connectivity index is 2.09. The van der Waals surface area contributed by atoms with Gasteiger partial charge in [0.25, 0.3) is 0 Å². The van der Waals surface area contributed by atoms with E-state index in [-0.39, 0.29) is 13.1 Å². The zero-order chi connectivity index (χ0) is 11.1. The summed E-state index contributed by atoms with van der Waals surface area (Å²) >= 11 is 0. The van der Waals surface area contributed by atoms with Crippen molar-refractivity contribution in [1.29, 1.82) is 0 Å². The molecule has 15 heavy (non-hydrogen) atoms. The first-order valence-electron chi connectivity index (χ1n) is 5.07. The molecule has 2 fully saturated rings. The summed E-state index contributed by atoms with van der Waals surface area (Å²) in [6, 6.07) is 0. The van der Waals surface area contributed by atoms with Crippen LogP contribution in [0.25, 0.3) is 0 Å². The number of β-amino-alcohol motifs (C(OH)–C–C–N with tert-alkyl or cyclic N) is 2. The van der Waals surface area contributed by atoms with Crippen LogP contribution in [0.3, 0.4) is 0 Å². The second-order valence-electron chi connectivity index (χ2n) is 4.11. The molecule has 0 bridgehead atoms. The Labute approximate surface area is 88.9 Å². The molecule has 0 spiro atoms. The fraction of sp³-hybridized carbons (Fsp3) is 1.00. The SMILES string of the molecule is O=S(=O)(C1CCNC1)N1CC(O)C(O)C1. The molecule has 0 aromatic heterocycles. The minimum absolute atomic E-state index is 0.0139. The number of aliphatic hydroxyl groups excluding tert-OH is 2. The third kappa shape index (κ3) is 2.02. The molecule has 3 atom stereocenters. The molecule has 2 aliphatic rings. The molecule has 2 aliphatic heterocycles. The molecule has 0 aromatic carbocycles. The van der Waals surface area contributed by atoms with Crippen molar-refractivity contribution in [3.8, 4) is 0 Å². The minimum Gasteiger partial charge on any atom is -0.389 e. The lowest BCUT2D eigenvalue weighted by Crippen LogP contribution is -2.39. The van der Waals surface area contributed by atoms with Crippen molar-refractivity contribution in [3.05, 3.63) is 0 Å². The van der Waals surface area contributed by atoms with E-state index in [1.807, 2.05) is 0 Å². The lowest BCUT2D eigenvalue weighted by Gasteiger charge is -2.19. The highest BCUT2D eigenvalue weighted by Gasteiger charge is 2.41. The van der Waals surface area contributed by atoms with E-state index >= 15 is 0 Å². The third-order valence-electron chi connectivity index (χ3n) is 3.02. The van der Waals surface area contributed by atoms with E-state index in [1.165, 1.54) is 4.31 Å². The van der Waals surface area contributed by atoms with E-state index in [2.05, 4.69) is 5.32 Å². The molecule has 2 rings (SSSR count).